The highest BCUT2D eigenvalue weighted by Crippen LogP contribution is 2.33. The van der Waals surface area contributed by atoms with Crippen molar-refractivity contribution in [3.63, 3.8) is 0 Å². The Bertz CT molecular complexity index is 958. The molecule has 0 spiro atoms. The second kappa shape index (κ2) is 15.3. The maximum Gasteiger partial charge on any atom is 0.410 e. The van der Waals surface area contributed by atoms with E-state index in [1.807, 2.05) is 39.8 Å². The molecule has 3 aliphatic rings. The van der Waals surface area contributed by atoms with Gasteiger partial charge >= 0.3 is 6.09 Å². The lowest BCUT2D eigenvalue weighted by Gasteiger charge is -2.42. The van der Waals surface area contributed by atoms with Gasteiger partial charge in [0.25, 0.3) is 0 Å². The van der Waals surface area contributed by atoms with Crippen molar-refractivity contribution in [2.24, 2.45) is 11.8 Å². The van der Waals surface area contributed by atoms with Crippen molar-refractivity contribution in [1.29, 1.82) is 0 Å². The first-order valence-electron chi connectivity index (χ1n) is 14.9. The number of ether oxygens (including phenoxy) is 4. The Morgan fingerprint density at radius 2 is 1.90 bits per heavy atom. The number of hydrogen-bond donors (Lipinski definition) is 3. The Labute approximate surface area is 244 Å². The monoisotopic (exact) mass is 578 g/mol. The van der Waals surface area contributed by atoms with E-state index < -0.39 is 30.0 Å². The van der Waals surface area contributed by atoms with Crippen molar-refractivity contribution < 1.29 is 38.7 Å². The first-order valence-corrected chi connectivity index (χ1v) is 14.9. The minimum absolute atomic E-state index is 0.0193. The molecule has 0 aromatic heterocycles. The zero-order valence-electron chi connectivity index (χ0n) is 25.5. The van der Waals surface area contributed by atoms with Crippen LogP contribution in [-0.2, 0) is 23.7 Å². The maximum absolute atomic E-state index is 12.6. The van der Waals surface area contributed by atoms with Gasteiger partial charge in [-0.1, -0.05) is 30.7 Å². The van der Waals surface area contributed by atoms with Crippen LogP contribution in [0, 0.1) is 11.8 Å². The predicted octanol–water partition coefficient (Wildman–Crippen LogP) is 3.13. The summed E-state index contributed by atoms with van der Waals surface area (Å²) in [5, 5.41) is 23.2. The van der Waals surface area contributed by atoms with Gasteiger partial charge in [0.1, 0.15) is 12.2 Å². The number of rotatable bonds is 9. The van der Waals surface area contributed by atoms with Gasteiger partial charge in [0.05, 0.1) is 43.2 Å². The molecule has 8 atom stereocenters. The average Bonchev–Trinajstić information content (AvgIpc) is 2.93. The second-order valence-corrected chi connectivity index (χ2v) is 12.3. The summed E-state index contributed by atoms with van der Waals surface area (Å²) in [6.45, 7) is 13.7. The molecule has 10 nitrogen and oxygen atoms in total. The Morgan fingerprint density at radius 3 is 2.59 bits per heavy atom. The summed E-state index contributed by atoms with van der Waals surface area (Å²) in [6, 6.07) is -0.123. The fourth-order valence-electron chi connectivity index (χ4n) is 5.63. The number of aliphatic hydroxyl groups excluding tert-OH is 2. The van der Waals surface area contributed by atoms with Gasteiger partial charge in [-0.05, 0) is 65.9 Å². The number of carbonyl (C=O) groups is 2. The van der Waals surface area contributed by atoms with Crippen LogP contribution in [0.1, 0.15) is 60.8 Å². The van der Waals surface area contributed by atoms with Gasteiger partial charge in [-0.15, -0.1) is 0 Å². The molecule has 0 aromatic carbocycles. The highest BCUT2D eigenvalue weighted by molar-refractivity contribution is 5.87. The largest absolute Gasteiger partial charge is 0.442 e. The van der Waals surface area contributed by atoms with Gasteiger partial charge in [0.15, 0.2) is 0 Å². The van der Waals surface area contributed by atoms with Gasteiger partial charge in [-0.25, -0.2) is 4.79 Å². The Kier molecular flexibility index (Phi) is 12.4. The van der Waals surface area contributed by atoms with Crippen LogP contribution in [0.15, 0.2) is 36.0 Å². The molecule has 0 aromatic rings. The summed E-state index contributed by atoms with van der Waals surface area (Å²) in [4.78, 5) is 26.4. The number of carbonyl (C=O) groups excluding carboxylic acids is 2. The molecule has 0 bridgehead atoms. The molecule has 3 fully saturated rings. The summed E-state index contributed by atoms with van der Waals surface area (Å²) in [7, 11) is 0. The predicted molar refractivity (Wildman–Crippen MR) is 155 cm³/mol. The highest BCUT2D eigenvalue weighted by atomic mass is 16.6. The van der Waals surface area contributed by atoms with Crippen molar-refractivity contribution in [2.45, 2.75) is 103 Å². The molecule has 3 N–H and O–H groups in total. The summed E-state index contributed by atoms with van der Waals surface area (Å²) in [5.41, 5.74) is 0.633. The fraction of sp³-hybridized carbons (Fsp3) is 0.742. The second-order valence-electron chi connectivity index (χ2n) is 12.3. The summed E-state index contributed by atoms with van der Waals surface area (Å²) >= 11 is 0. The van der Waals surface area contributed by atoms with Gasteiger partial charge in [0, 0.05) is 31.7 Å². The minimum atomic E-state index is -0.741. The zero-order chi connectivity index (χ0) is 30.2. The van der Waals surface area contributed by atoms with Crippen molar-refractivity contribution in [3.05, 3.63) is 36.0 Å². The number of allylic oxidation sites excluding steroid dienone is 2. The first kappa shape index (κ1) is 33.3. The molecule has 232 valence electrons. The molecule has 3 saturated heterocycles. The molecule has 0 radical (unpaired) electrons. The van der Waals surface area contributed by atoms with E-state index in [9.17, 15) is 19.8 Å². The third kappa shape index (κ3) is 10.2. The van der Waals surface area contributed by atoms with E-state index in [2.05, 4.69) is 18.3 Å². The molecule has 3 heterocycles. The Balaban J connectivity index is 1.44. The van der Waals surface area contributed by atoms with E-state index in [1.165, 1.54) is 6.08 Å². The van der Waals surface area contributed by atoms with Gasteiger partial charge in [0.2, 0.25) is 5.91 Å². The van der Waals surface area contributed by atoms with Crippen LogP contribution in [0.2, 0.25) is 0 Å². The summed E-state index contributed by atoms with van der Waals surface area (Å²) in [6.07, 6.45) is 8.79. The standard InChI is InChI=1S/C31H50N2O8/c1-20(8-11-27-29(36)24(19-34)18-31(5,6)41-27)7-10-26-21(2)17-25(23(4)40-26)32-28(35)12-9-22(3)39-30(37)33-13-15-38-16-14-33/h7-9,11-12,21-27,29,34,36H,10,13-19H2,1-6H3,(H,32,35)/b11-8+,12-9-,20-7+/t21-,22-,23+,24?,25+,26-,27+,29-/m0/s1. The van der Waals surface area contributed by atoms with E-state index in [0.29, 0.717) is 32.7 Å². The molecule has 0 aliphatic carbocycles. The summed E-state index contributed by atoms with van der Waals surface area (Å²) in [5.74, 6) is -0.220. The quantitative estimate of drug-likeness (QED) is 0.281. The molecular formula is C31H50N2O8. The van der Waals surface area contributed by atoms with Crippen LogP contribution in [0.5, 0.6) is 0 Å². The third-order valence-corrected chi connectivity index (χ3v) is 8.10. The van der Waals surface area contributed by atoms with E-state index in [-0.39, 0.29) is 42.6 Å². The van der Waals surface area contributed by atoms with Crippen LogP contribution in [0.4, 0.5) is 4.79 Å². The number of morpholine rings is 1. The molecule has 3 rings (SSSR count). The van der Waals surface area contributed by atoms with Crippen molar-refractivity contribution in [2.75, 3.05) is 32.9 Å². The van der Waals surface area contributed by atoms with Crippen LogP contribution in [0.25, 0.3) is 0 Å². The molecule has 2 amide bonds. The maximum atomic E-state index is 12.6. The van der Waals surface area contributed by atoms with E-state index in [0.717, 1.165) is 18.4 Å². The first-order chi connectivity index (χ1) is 19.4. The van der Waals surface area contributed by atoms with Crippen molar-refractivity contribution in [1.82, 2.24) is 10.2 Å². The number of nitrogens with zero attached hydrogens (tertiary/aromatic N) is 1. The normalized spacial score (nSPS) is 33.6. The molecular weight excluding hydrogens is 528 g/mol. The zero-order valence-corrected chi connectivity index (χ0v) is 25.5. The van der Waals surface area contributed by atoms with Gasteiger partial charge < -0.3 is 39.4 Å². The van der Waals surface area contributed by atoms with Crippen LogP contribution in [-0.4, -0.2) is 102 Å². The Hall–Kier alpha value is -2.24. The molecule has 1 unspecified atom stereocenters. The van der Waals surface area contributed by atoms with Crippen LogP contribution < -0.4 is 5.32 Å². The number of aliphatic hydroxyl groups is 2. The lowest BCUT2D eigenvalue weighted by molar-refractivity contribution is -0.171. The highest BCUT2D eigenvalue weighted by Gasteiger charge is 2.40. The minimum Gasteiger partial charge on any atom is -0.442 e. The van der Waals surface area contributed by atoms with Crippen molar-refractivity contribution >= 4 is 12.0 Å². The fourth-order valence-corrected chi connectivity index (χ4v) is 5.63. The lowest BCUT2D eigenvalue weighted by Crippen LogP contribution is -2.50. The number of hydrogen-bond acceptors (Lipinski definition) is 8. The van der Waals surface area contributed by atoms with E-state index in [1.54, 1.807) is 17.9 Å². The topological polar surface area (TPSA) is 127 Å². The van der Waals surface area contributed by atoms with Crippen molar-refractivity contribution in [3.8, 4) is 0 Å². The van der Waals surface area contributed by atoms with Gasteiger partial charge in [-0.2, -0.15) is 0 Å². The summed E-state index contributed by atoms with van der Waals surface area (Å²) < 4.78 is 23.0. The van der Waals surface area contributed by atoms with E-state index in [4.69, 9.17) is 18.9 Å². The Morgan fingerprint density at radius 1 is 1.20 bits per heavy atom. The smallest absolute Gasteiger partial charge is 0.410 e. The molecule has 3 aliphatic heterocycles. The van der Waals surface area contributed by atoms with Crippen LogP contribution >= 0.6 is 0 Å². The molecule has 10 heteroatoms. The lowest BCUT2D eigenvalue weighted by atomic mass is 9.83. The molecule has 41 heavy (non-hydrogen) atoms. The number of nitrogens with one attached hydrogen (secondary N) is 1. The molecule has 0 saturated carbocycles. The SMILES string of the molecule is CC(/C=C/[C@H]1OC(C)(C)CC(CO)[C@@H]1O)=C\C[C@@H]1O[C@H](C)[C@H](NC(=O)/C=C\[C@H](C)OC(=O)N2CCOCC2)C[C@@H]1C. The van der Waals surface area contributed by atoms with Crippen LogP contribution in [0.3, 0.4) is 0 Å². The third-order valence-electron chi connectivity index (χ3n) is 8.10. The van der Waals surface area contributed by atoms with Gasteiger partial charge in [-0.3, -0.25) is 4.79 Å². The number of amides is 2. The van der Waals surface area contributed by atoms with E-state index >= 15 is 0 Å². The average molecular weight is 579 g/mol.